The molecular weight excluding hydrogens is 212 g/mol. The molecule has 1 aromatic carbocycles. The lowest BCUT2D eigenvalue weighted by Crippen LogP contribution is -2.30. The maximum absolute atomic E-state index is 12.0. The summed E-state index contributed by atoms with van der Waals surface area (Å²) >= 11 is 1.83. The van der Waals surface area contributed by atoms with Crippen LogP contribution in [0.1, 0.15) is 18.9 Å². The van der Waals surface area contributed by atoms with Gasteiger partial charge in [-0.25, -0.2) is 0 Å². The maximum atomic E-state index is 12.0. The molecule has 3 heteroatoms. The van der Waals surface area contributed by atoms with Gasteiger partial charge in [-0.2, -0.15) is 0 Å². The van der Waals surface area contributed by atoms with E-state index in [1.54, 1.807) is 0 Å². The van der Waals surface area contributed by atoms with Crippen molar-refractivity contribution in [1.29, 1.82) is 0 Å². The molecule has 1 aliphatic heterocycles. The van der Waals surface area contributed by atoms with E-state index in [-0.39, 0.29) is 4.08 Å². The summed E-state index contributed by atoms with van der Waals surface area (Å²) in [5.41, 5.74) is 1.20. The first-order valence-corrected chi connectivity index (χ1v) is 7.12. The summed E-state index contributed by atoms with van der Waals surface area (Å²) in [4.78, 5) is 0. The molecule has 2 unspecified atom stereocenters. The van der Waals surface area contributed by atoms with Crippen molar-refractivity contribution in [2.75, 3.05) is 11.5 Å². The summed E-state index contributed by atoms with van der Waals surface area (Å²) in [5.74, 6) is 1.97. The molecule has 76 valence electrons. The SMILES string of the molecule is CC1(c2ccccc2)SCCCS1=O. The Morgan fingerprint density at radius 1 is 1.36 bits per heavy atom. The Bertz CT molecular complexity index is 336. The topological polar surface area (TPSA) is 17.1 Å². The highest BCUT2D eigenvalue weighted by Crippen LogP contribution is 2.42. The first kappa shape index (κ1) is 10.2. The first-order valence-electron chi connectivity index (χ1n) is 4.81. The summed E-state index contributed by atoms with van der Waals surface area (Å²) < 4.78 is 11.8. The van der Waals surface area contributed by atoms with Gasteiger partial charge in [-0.3, -0.25) is 4.21 Å². The molecule has 0 bridgehead atoms. The molecule has 1 heterocycles. The third-order valence-corrected chi connectivity index (χ3v) is 6.54. The number of hydrogen-bond donors (Lipinski definition) is 0. The van der Waals surface area contributed by atoms with Crippen LogP contribution in [0.15, 0.2) is 30.3 Å². The van der Waals surface area contributed by atoms with Gasteiger partial charge >= 0.3 is 0 Å². The van der Waals surface area contributed by atoms with E-state index < -0.39 is 10.8 Å². The molecule has 0 radical (unpaired) electrons. The lowest BCUT2D eigenvalue weighted by atomic mass is 10.2. The molecule has 0 aliphatic carbocycles. The van der Waals surface area contributed by atoms with E-state index in [2.05, 4.69) is 19.1 Å². The van der Waals surface area contributed by atoms with Gasteiger partial charge in [0.2, 0.25) is 0 Å². The van der Waals surface area contributed by atoms with Crippen molar-refractivity contribution in [3.63, 3.8) is 0 Å². The molecule has 0 aromatic heterocycles. The zero-order valence-corrected chi connectivity index (χ0v) is 9.87. The van der Waals surface area contributed by atoms with Gasteiger partial charge in [0.05, 0.1) is 0 Å². The van der Waals surface area contributed by atoms with Crippen molar-refractivity contribution in [1.82, 2.24) is 0 Å². The molecule has 2 rings (SSSR count). The first-order chi connectivity index (χ1) is 6.73. The molecule has 0 saturated carbocycles. The van der Waals surface area contributed by atoms with Gasteiger partial charge in [-0.15, -0.1) is 11.8 Å². The van der Waals surface area contributed by atoms with E-state index in [1.807, 2.05) is 30.0 Å². The van der Waals surface area contributed by atoms with Gasteiger partial charge in [-0.05, 0) is 24.7 Å². The molecule has 0 amide bonds. The van der Waals surface area contributed by atoms with Crippen LogP contribution in [0.5, 0.6) is 0 Å². The fourth-order valence-corrected chi connectivity index (χ4v) is 5.06. The minimum atomic E-state index is -0.732. The van der Waals surface area contributed by atoms with Crippen molar-refractivity contribution >= 4 is 22.6 Å². The third-order valence-electron chi connectivity index (χ3n) is 2.58. The minimum absolute atomic E-state index is 0.181. The Morgan fingerprint density at radius 2 is 2.07 bits per heavy atom. The second-order valence-electron chi connectivity index (χ2n) is 3.56. The second kappa shape index (κ2) is 4.07. The Balaban J connectivity index is 2.35. The standard InChI is InChI=1S/C11H14OS2/c1-11(10-6-3-2-4-7-10)13-8-5-9-14(11)12/h2-4,6-7H,5,8-9H2,1H3. The van der Waals surface area contributed by atoms with Crippen LogP contribution in [-0.2, 0) is 14.9 Å². The molecule has 1 aliphatic rings. The summed E-state index contributed by atoms with van der Waals surface area (Å²) in [6, 6.07) is 10.2. The average Bonchev–Trinajstić information content (AvgIpc) is 2.24. The molecule has 1 aromatic rings. The number of benzene rings is 1. The van der Waals surface area contributed by atoms with Gasteiger partial charge in [0.15, 0.2) is 0 Å². The fraction of sp³-hybridized carbons (Fsp3) is 0.455. The number of hydrogen-bond acceptors (Lipinski definition) is 2. The largest absolute Gasteiger partial charge is 0.258 e. The molecule has 2 atom stereocenters. The van der Waals surface area contributed by atoms with Crippen LogP contribution < -0.4 is 0 Å². The quantitative estimate of drug-likeness (QED) is 0.732. The zero-order valence-electron chi connectivity index (χ0n) is 8.23. The van der Waals surface area contributed by atoms with E-state index in [0.717, 1.165) is 17.9 Å². The Kier molecular flexibility index (Phi) is 2.98. The number of rotatable bonds is 1. The summed E-state index contributed by atoms with van der Waals surface area (Å²) in [7, 11) is -0.732. The zero-order chi connectivity index (χ0) is 10.0. The summed E-state index contributed by atoms with van der Waals surface area (Å²) in [5, 5.41) is 0. The van der Waals surface area contributed by atoms with Gasteiger partial charge in [-0.1, -0.05) is 30.3 Å². The van der Waals surface area contributed by atoms with Crippen LogP contribution in [0.3, 0.4) is 0 Å². The Labute approximate surface area is 91.7 Å². The summed E-state index contributed by atoms with van der Waals surface area (Å²) in [6.45, 7) is 2.10. The van der Waals surface area contributed by atoms with Crippen LogP contribution in [0.25, 0.3) is 0 Å². The number of thioether (sulfide) groups is 1. The fourth-order valence-electron chi connectivity index (χ4n) is 1.67. The van der Waals surface area contributed by atoms with Gasteiger partial charge < -0.3 is 0 Å². The highest BCUT2D eigenvalue weighted by molar-refractivity contribution is 8.12. The second-order valence-corrected chi connectivity index (χ2v) is 7.25. The molecule has 0 spiro atoms. The lowest BCUT2D eigenvalue weighted by molar-refractivity contribution is 0.667. The molecule has 1 nitrogen and oxygen atoms in total. The van der Waals surface area contributed by atoms with Crippen LogP contribution in [0.2, 0.25) is 0 Å². The van der Waals surface area contributed by atoms with E-state index in [9.17, 15) is 4.21 Å². The molecule has 0 N–H and O–H groups in total. The predicted molar refractivity (Wildman–Crippen MR) is 63.9 cm³/mol. The van der Waals surface area contributed by atoms with Crippen molar-refractivity contribution in [3.8, 4) is 0 Å². The van der Waals surface area contributed by atoms with E-state index in [0.29, 0.717) is 0 Å². The molecule has 1 fully saturated rings. The Morgan fingerprint density at radius 3 is 2.71 bits per heavy atom. The lowest BCUT2D eigenvalue weighted by Gasteiger charge is -2.32. The van der Waals surface area contributed by atoms with E-state index in [1.165, 1.54) is 5.56 Å². The van der Waals surface area contributed by atoms with Gasteiger partial charge in [0.25, 0.3) is 0 Å². The van der Waals surface area contributed by atoms with Crippen LogP contribution in [0, 0.1) is 0 Å². The van der Waals surface area contributed by atoms with Crippen LogP contribution in [-0.4, -0.2) is 15.7 Å². The monoisotopic (exact) mass is 226 g/mol. The van der Waals surface area contributed by atoms with Gasteiger partial charge in [0.1, 0.15) is 4.08 Å². The minimum Gasteiger partial charge on any atom is -0.258 e. The van der Waals surface area contributed by atoms with Crippen molar-refractivity contribution in [2.24, 2.45) is 0 Å². The Hall–Kier alpha value is -0.280. The summed E-state index contributed by atoms with van der Waals surface area (Å²) in [6.07, 6.45) is 1.08. The maximum Gasteiger partial charge on any atom is 0.113 e. The van der Waals surface area contributed by atoms with Gasteiger partial charge in [0, 0.05) is 16.6 Å². The third kappa shape index (κ3) is 1.75. The molecule has 1 saturated heterocycles. The molecule has 14 heavy (non-hydrogen) atoms. The predicted octanol–water partition coefficient (Wildman–Crippen LogP) is 2.74. The van der Waals surface area contributed by atoms with Crippen molar-refractivity contribution < 1.29 is 4.21 Å². The average molecular weight is 226 g/mol. The highest BCUT2D eigenvalue weighted by atomic mass is 32.2. The van der Waals surface area contributed by atoms with E-state index in [4.69, 9.17) is 0 Å². The van der Waals surface area contributed by atoms with E-state index >= 15 is 0 Å². The van der Waals surface area contributed by atoms with Crippen LogP contribution in [0.4, 0.5) is 0 Å². The normalized spacial score (nSPS) is 32.8. The smallest absolute Gasteiger partial charge is 0.113 e. The highest BCUT2D eigenvalue weighted by Gasteiger charge is 2.36. The van der Waals surface area contributed by atoms with Crippen LogP contribution >= 0.6 is 11.8 Å². The van der Waals surface area contributed by atoms with Crippen molar-refractivity contribution in [2.45, 2.75) is 17.4 Å². The molecular formula is C11H14OS2. The van der Waals surface area contributed by atoms with Crippen molar-refractivity contribution in [3.05, 3.63) is 35.9 Å².